The number of hydrogen-bond acceptors (Lipinski definition) is 1. The maximum absolute atomic E-state index is 12.2. The lowest BCUT2D eigenvalue weighted by molar-refractivity contribution is 0.102. The molecule has 0 aliphatic heterocycles. The zero-order valence-electron chi connectivity index (χ0n) is 11.1. The predicted molar refractivity (Wildman–Crippen MR) is 86.1 cm³/mol. The summed E-state index contributed by atoms with van der Waals surface area (Å²) >= 11 is 3.28. The first-order valence-electron chi connectivity index (χ1n) is 6.48. The van der Waals surface area contributed by atoms with Crippen LogP contribution in [0.25, 0.3) is 16.6 Å². The number of halogens is 1. The molecule has 0 atom stereocenters. The normalized spacial score (nSPS) is 10.9. The smallest absolute Gasteiger partial charge is 0.175 e. The molecule has 0 aliphatic carbocycles. The van der Waals surface area contributed by atoms with Gasteiger partial charge in [-0.1, -0.05) is 52.3 Å². The number of carbonyl (C=O) groups excluding carboxylic acids is 1. The summed E-state index contributed by atoms with van der Waals surface area (Å²) in [6.07, 6.45) is 0. The van der Waals surface area contributed by atoms with E-state index in [4.69, 9.17) is 0 Å². The molecule has 0 N–H and O–H groups in total. The summed E-state index contributed by atoms with van der Waals surface area (Å²) in [7, 11) is 0. The molecule has 2 nitrogen and oxygen atoms in total. The van der Waals surface area contributed by atoms with E-state index in [9.17, 15) is 4.79 Å². The summed E-state index contributed by atoms with van der Waals surface area (Å²) in [5.41, 5.74) is 3.94. The average molecular weight is 328 g/mol. The fourth-order valence-corrected chi connectivity index (χ4v) is 2.98. The Bertz CT molecular complexity index is 774. The topological polar surface area (TPSA) is 22.0 Å². The standard InChI is InChI=1S/C17H14BrNO/c1-12-17(16(20)11-18)14-9-5-6-10-15(14)19(12)13-7-3-2-4-8-13/h2-10H,11H2,1H3. The van der Waals surface area contributed by atoms with Gasteiger partial charge in [0, 0.05) is 22.3 Å². The third-order valence-electron chi connectivity index (χ3n) is 3.53. The van der Waals surface area contributed by atoms with Crippen molar-refractivity contribution in [2.45, 2.75) is 6.92 Å². The second-order valence-electron chi connectivity index (χ2n) is 4.71. The lowest BCUT2D eigenvalue weighted by Crippen LogP contribution is -2.03. The monoisotopic (exact) mass is 327 g/mol. The van der Waals surface area contributed by atoms with Crippen LogP contribution in [0.2, 0.25) is 0 Å². The van der Waals surface area contributed by atoms with Crippen LogP contribution in [0.3, 0.4) is 0 Å². The molecule has 100 valence electrons. The summed E-state index contributed by atoms with van der Waals surface area (Å²) in [6, 6.07) is 18.2. The second kappa shape index (κ2) is 5.25. The number of nitrogens with zero attached hydrogens (tertiary/aromatic N) is 1. The molecule has 20 heavy (non-hydrogen) atoms. The molecular weight excluding hydrogens is 314 g/mol. The van der Waals surface area contributed by atoms with Gasteiger partial charge in [0.15, 0.2) is 5.78 Å². The molecule has 3 rings (SSSR count). The van der Waals surface area contributed by atoms with E-state index in [1.807, 2.05) is 43.3 Å². The van der Waals surface area contributed by atoms with Crippen LogP contribution in [0.5, 0.6) is 0 Å². The molecule has 0 amide bonds. The number of rotatable bonds is 3. The van der Waals surface area contributed by atoms with Crippen LogP contribution in [0.15, 0.2) is 54.6 Å². The number of ketones is 1. The molecule has 3 aromatic rings. The van der Waals surface area contributed by atoms with Gasteiger partial charge in [0.25, 0.3) is 0 Å². The minimum atomic E-state index is 0.119. The zero-order valence-corrected chi connectivity index (χ0v) is 12.7. The van der Waals surface area contributed by atoms with E-state index in [0.29, 0.717) is 5.33 Å². The Balaban J connectivity index is 2.39. The van der Waals surface area contributed by atoms with Crippen molar-refractivity contribution in [3.63, 3.8) is 0 Å². The van der Waals surface area contributed by atoms with Crippen molar-refractivity contribution in [1.82, 2.24) is 4.57 Å². The highest BCUT2D eigenvalue weighted by molar-refractivity contribution is 9.09. The molecule has 1 heterocycles. The number of para-hydroxylation sites is 2. The Labute approximate surface area is 126 Å². The van der Waals surface area contributed by atoms with Crippen molar-refractivity contribution in [3.8, 4) is 5.69 Å². The Morgan fingerprint density at radius 3 is 2.40 bits per heavy atom. The van der Waals surface area contributed by atoms with Gasteiger partial charge in [0.05, 0.1) is 10.8 Å². The molecule has 0 fully saturated rings. The summed E-state index contributed by atoms with van der Waals surface area (Å²) in [6.45, 7) is 2.00. The first-order chi connectivity index (χ1) is 9.74. The zero-order chi connectivity index (χ0) is 14.1. The van der Waals surface area contributed by atoms with Crippen LogP contribution < -0.4 is 0 Å². The number of alkyl halides is 1. The van der Waals surface area contributed by atoms with Crippen LogP contribution >= 0.6 is 15.9 Å². The van der Waals surface area contributed by atoms with Gasteiger partial charge in [-0.15, -0.1) is 0 Å². The molecule has 0 spiro atoms. The maximum atomic E-state index is 12.2. The van der Waals surface area contributed by atoms with E-state index in [0.717, 1.165) is 27.8 Å². The van der Waals surface area contributed by atoms with Crippen LogP contribution in [0.4, 0.5) is 0 Å². The lowest BCUT2D eigenvalue weighted by atomic mass is 10.1. The van der Waals surface area contributed by atoms with Crippen molar-refractivity contribution in [3.05, 3.63) is 65.9 Å². The maximum Gasteiger partial charge on any atom is 0.175 e. The fraction of sp³-hybridized carbons (Fsp3) is 0.118. The van der Waals surface area contributed by atoms with Gasteiger partial charge in [0.2, 0.25) is 0 Å². The highest BCUT2D eigenvalue weighted by atomic mass is 79.9. The van der Waals surface area contributed by atoms with Gasteiger partial charge in [-0.25, -0.2) is 0 Å². The van der Waals surface area contributed by atoms with E-state index in [2.05, 4.69) is 38.7 Å². The highest BCUT2D eigenvalue weighted by Crippen LogP contribution is 2.29. The van der Waals surface area contributed by atoms with Crippen LogP contribution in [0.1, 0.15) is 16.1 Å². The average Bonchev–Trinajstić information content (AvgIpc) is 2.79. The minimum absolute atomic E-state index is 0.119. The van der Waals surface area contributed by atoms with Crippen LogP contribution in [-0.4, -0.2) is 15.7 Å². The summed E-state index contributed by atoms with van der Waals surface area (Å²) in [5, 5.41) is 1.36. The molecule has 0 radical (unpaired) electrons. The number of hydrogen-bond donors (Lipinski definition) is 0. The van der Waals surface area contributed by atoms with Crippen molar-refractivity contribution < 1.29 is 4.79 Å². The van der Waals surface area contributed by atoms with Gasteiger partial charge in [0.1, 0.15) is 0 Å². The molecule has 0 unspecified atom stereocenters. The number of aromatic nitrogens is 1. The van der Waals surface area contributed by atoms with Crippen molar-refractivity contribution >= 4 is 32.6 Å². The SMILES string of the molecule is Cc1c(C(=O)CBr)c2ccccc2n1-c1ccccc1. The van der Waals surface area contributed by atoms with Crippen LogP contribution in [0, 0.1) is 6.92 Å². The Kier molecular flexibility index (Phi) is 3.45. The molecule has 1 aromatic heterocycles. The Morgan fingerprint density at radius 2 is 1.70 bits per heavy atom. The molecule has 0 bridgehead atoms. The number of Topliss-reactive ketones (excluding diaryl/α,β-unsaturated/α-hetero) is 1. The number of benzene rings is 2. The molecule has 2 aromatic carbocycles. The predicted octanol–water partition coefficient (Wildman–Crippen LogP) is 4.52. The van der Waals surface area contributed by atoms with Gasteiger partial charge in [-0.2, -0.15) is 0 Å². The first-order valence-corrected chi connectivity index (χ1v) is 7.61. The fourth-order valence-electron chi connectivity index (χ4n) is 2.70. The molecule has 0 saturated carbocycles. The van der Waals surface area contributed by atoms with Gasteiger partial charge >= 0.3 is 0 Å². The molecule has 0 saturated heterocycles. The molecule has 3 heteroatoms. The van der Waals surface area contributed by atoms with Crippen molar-refractivity contribution in [2.24, 2.45) is 0 Å². The van der Waals surface area contributed by atoms with Gasteiger partial charge < -0.3 is 4.57 Å². The van der Waals surface area contributed by atoms with E-state index in [-0.39, 0.29) is 5.78 Å². The van der Waals surface area contributed by atoms with E-state index in [1.165, 1.54) is 0 Å². The van der Waals surface area contributed by atoms with Gasteiger partial charge in [-0.05, 0) is 25.1 Å². The first kappa shape index (κ1) is 13.1. The van der Waals surface area contributed by atoms with Crippen LogP contribution in [-0.2, 0) is 0 Å². The summed E-state index contributed by atoms with van der Waals surface area (Å²) < 4.78 is 2.14. The minimum Gasteiger partial charge on any atom is -0.313 e. The lowest BCUT2D eigenvalue weighted by Gasteiger charge is -2.08. The van der Waals surface area contributed by atoms with E-state index < -0.39 is 0 Å². The second-order valence-corrected chi connectivity index (χ2v) is 5.27. The Morgan fingerprint density at radius 1 is 1.05 bits per heavy atom. The summed E-state index contributed by atoms with van der Waals surface area (Å²) in [5.74, 6) is 0.119. The quantitative estimate of drug-likeness (QED) is 0.512. The Hall–Kier alpha value is -1.87. The molecule has 0 aliphatic rings. The van der Waals surface area contributed by atoms with Crippen molar-refractivity contribution in [1.29, 1.82) is 0 Å². The third-order valence-corrected chi connectivity index (χ3v) is 4.04. The van der Waals surface area contributed by atoms with E-state index >= 15 is 0 Å². The number of carbonyl (C=O) groups is 1. The third kappa shape index (κ3) is 1.98. The number of fused-ring (bicyclic) bond motifs is 1. The highest BCUT2D eigenvalue weighted by Gasteiger charge is 2.19. The summed E-state index contributed by atoms with van der Waals surface area (Å²) in [4.78, 5) is 12.2. The van der Waals surface area contributed by atoms with Crippen molar-refractivity contribution in [2.75, 3.05) is 5.33 Å². The molecular formula is C17H14BrNO. The van der Waals surface area contributed by atoms with E-state index in [1.54, 1.807) is 0 Å². The van der Waals surface area contributed by atoms with Gasteiger partial charge in [-0.3, -0.25) is 4.79 Å². The largest absolute Gasteiger partial charge is 0.313 e.